The zero-order valence-electron chi connectivity index (χ0n) is 7.23. The van der Waals surface area contributed by atoms with Crippen molar-refractivity contribution in [3.8, 4) is 0 Å². The summed E-state index contributed by atoms with van der Waals surface area (Å²) in [4.78, 5) is 14.6. The van der Waals surface area contributed by atoms with Crippen molar-refractivity contribution in [1.29, 1.82) is 0 Å². The van der Waals surface area contributed by atoms with Gasteiger partial charge in [0.25, 0.3) is 0 Å². The van der Waals surface area contributed by atoms with Gasteiger partial charge in [-0.1, -0.05) is 6.07 Å². The molecule has 3 nitrogen and oxygen atoms in total. The Morgan fingerprint density at radius 1 is 1.62 bits per heavy atom. The average Bonchev–Trinajstić information content (AvgIpc) is 2.19. The first-order valence-electron chi connectivity index (χ1n) is 3.74. The Kier molecular flexibility index (Phi) is 3.48. The highest BCUT2D eigenvalue weighted by atomic mass is 16.5. The summed E-state index contributed by atoms with van der Waals surface area (Å²) in [6.07, 6.45) is 4.50. The molecule has 0 fully saturated rings. The minimum Gasteiger partial charge on any atom is -0.465 e. The third-order valence-electron chi connectivity index (χ3n) is 1.32. The molecule has 0 atom stereocenters. The largest absolute Gasteiger partial charge is 0.465 e. The predicted molar refractivity (Wildman–Crippen MR) is 48.8 cm³/mol. The quantitative estimate of drug-likeness (QED) is 0.387. The van der Waals surface area contributed by atoms with Gasteiger partial charge in [0.1, 0.15) is 0 Å². The first-order valence-corrected chi connectivity index (χ1v) is 3.74. The molecular weight excluding hydrogens is 166 g/mol. The highest BCUT2D eigenvalue weighted by Crippen LogP contribution is 1.94. The van der Waals surface area contributed by atoms with Crippen LogP contribution in [0.3, 0.4) is 0 Å². The Hall–Kier alpha value is -1.86. The van der Waals surface area contributed by atoms with Crippen molar-refractivity contribution in [1.82, 2.24) is 4.98 Å². The minimum absolute atomic E-state index is 0.424. The topological polar surface area (TPSA) is 39.2 Å². The van der Waals surface area contributed by atoms with Gasteiger partial charge in [-0.2, -0.15) is 0 Å². The van der Waals surface area contributed by atoms with E-state index in [4.69, 9.17) is 0 Å². The highest BCUT2D eigenvalue weighted by molar-refractivity contribution is 5.82. The maximum Gasteiger partial charge on any atom is 0.338 e. The SMILES string of the molecule is COC(=O)C=C=Cc1ccccn1. The van der Waals surface area contributed by atoms with Crippen LogP contribution < -0.4 is 0 Å². The van der Waals surface area contributed by atoms with E-state index in [0.717, 1.165) is 5.69 Å². The Morgan fingerprint density at radius 2 is 2.46 bits per heavy atom. The van der Waals surface area contributed by atoms with Gasteiger partial charge in [-0.15, -0.1) is 5.73 Å². The number of hydrogen-bond acceptors (Lipinski definition) is 3. The van der Waals surface area contributed by atoms with Crippen LogP contribution in [0.1, 0.15) is 5.69 Å². The van der Waals surface area contributed by atoms with E-state index in [1.54, 1.807) is 12.3 Å². The third-order valence-corrected chi connectivity index (χ3v) is 1.32. The van der Waals surface area contributed by atoms with E-state index >= 15 is 0 Å². The molecule has 0 N–H and O–H groups in total. The van der Waals surface area contributed by atoms with Crippen LogP contribution in [0.25, 0.3) is 6.08 Å². The second kappa shape index (κ2) is 4.91. The van der Waals surface area contributed by atoms with Crippen LogP contribution in [0.2, 0.25) is 0 Å². The summed E-state index contributed by atoms with van der Waals surface area (Å²) in [6.45, 7) is 0. The molecule has 0 aliphatic carbocycles. The monoisotopic (exact) mass is 175 g/mol. The number of carbonyl (C=O) groups is 1. The molecule has 1 aromatic rings. The molecule has 0 spiro atoms. The maximum atomic E-state index is 10.6. The van der Waals surface area contributed by atoms with Gasteiger partial charge in [-0.3, -0.25) is 4.98 Å². The molecule has 0 aliphatic rings. The fourth-order valence-corrected chi connectivity index (χ4v) is 0.715. The average molecular weight is 175 g/mol. The predicted octanol–water partition coefficient (Wildman–Crippen LogP) is 1.42. The van der Waals surface area contributed by atoms with Crippen LogP contribution in [-0.2, 0) is 9.53 Å². The number of hydrogen-bond donors (Lipinski definition) is 0. The molecule has 3 heteroatoms. The summed E-state index contributed by atoms with van der Waals surface area (Å²) in [6, 6.07) is 5.50. The summed E-state index contributed by atoms with van der Waals surface area (Å²) >= 11 is 0. The molecule has 1 heterocycles. The van der Waals surface area contributed by atoms with E-state index in [-0.39, 0.29) is 0 Å². The second-order valence-electron chi connectivity index (χ2n) is 2.23. The number of ether oxygens (including phenoxy) is 1. The third kappa shape index (κ3) is 3.36. The molecule has 0 unspecified atom stereocenters. The van der Waals surface area contributed by atoms with Crippen molar-refractivity contribution in [2.24, 2.45) is 0 Å². The van der Waals surface area contributed by atoms with E-state index in [2.05, 4.69) is 15.5 Å². The second-order valence-corrected chi connectivity index (χ2v) is 2.23. The number of carbonyl (C=O) groups excluding carboxylic acids is 1. The number of rotatable bonds is 2. The van der Waals surface area contributed by atoms with Crippen molar-refractivity contribution in [2.45, 2.75) is 0 Å². The molecule has 0 aliphatic heterocycles. The Morgan fingerprint density at radius 3 is 3.08 bits per heavy atom. The van der Waals surface area contributed by atoms with Crippen LogP contribution in [-0.4, -0.2) is 18.1 Å². The van der Waals surface area contributed by atoms with Gasteiger partial charge in [0.2, 0.25) is 0 Å². The molecule has 0 saturated carbocycles. The zero-order chi connectivity index (χ0) is 9.52. The van der Waals surface area contributed by atoms with E-state index in [9.17, 15) is 4.79 Å². The van der Waals surface area contributed by atoms with Crippen LogP contribution in [0, 0.1) is 0 Å². The van der Waals surface area contributed by atoms with Gasteiger partial charge in [0.05, 0.1) is 18.9 Å². The van der Waals surface area contributed by atoms with Crippen molar-refractivity contribution < 1.29 is 9.53 Å². The van der Waals surface area contributed by atoms with Gasteiger partial charge >= 0.3 is 5.97 Å². The first-order chi connectivity index (χ1) is 6.33. The molecule has 13 heavy (non-hydrogen) atoms. The van der Waals surface area contributed by atoms with Gasteiger partial charge in [0.15, 0.2) is 0 Å². The molecule has 0 aromatic carbocycles. The number of methoxy groups -OCH3 is 1. The lowest BCUT2D eigenvalue weighted by Gasteiger charge is -1.86. The van der Waals surface area contributed by atoms with Crippen LogP contribution in [0.15, 0.2) is 36.2 Å². The van der Waals surface area contributed by atoms with Crippen molar-refractivity contribution in [3.63, 3.8) is 0 Å². The van der Waals surface area contributed by atoms with E-state index in [0.29, 0.717) is 0 Å². The number of aromatic nitrogens is 1. The lowest BCUT2D eigenvalue weighted by atomic mass is 10.3. The van der Waals surface area contributed by atoms with Gasteiger partial charge in [0, 0.05) is 12.3 Å². The van der Waals surface area contributed by atoms with Crippen LogP contribution >= 0.6 is 0 Å². The van der Waals surface area contributed by atoms with Gasteiger partial charge in [-0.05, 0) is 12.1 Å². The van der Waals surface area contributed by atoms with Crippen LogP contribution in [0.4, 0.5) is 0 Å². The number of pyridine rings is 1. The lowest BCUT2D eigenvalue weighted by molar-refractivity contribution is -0.134. The molecule has 66 valence electrons. The minimum atomic E-state index is -0.424. The van der Waals surface area contributed by atoms with E-state index < -0.39 is 5.97 Å². The lowest BCUT2D eigenvalue weighted by Crippen LogP contribution is -1.92. The van der Waals surface area contributed by atoms with Gasteiger partial charge in [-0.25, -0.2) is 4.79 Å². The molecule has 0 bridgehead atoms. The summed E-state index contributed by atoms with van der Waals surface area (Å²) in [5, 5.41) is 0. The van der Waals surface area contributed by atoms with E-state index in [1.165, 1.54) is 13.2 Å². The number of nitrogens with zero attached hydrogens (tertiary/aromatic N) is 1. The standard InChI is InChI=1S/C10H9NO2/c1-13-10(12)7-4-6-9-5-2-3-8-11-9/h2-3,5-8H,1H3. The Balaban J connectivity index is 2.69. The van der Waals surface area contributed by atoms with Crippen molar-refractivity contribution in [2.75, 3.05) is 7.11 Å². The molecule has 1 aromatic heterocycles. The Bertz CT molecular complexity index is 337. The molecule has 0 radical (unpaired) electrons. The summed E-state index contributed by atoms with van der Waals surface area (Å²) in [5.41, 5.74) is 3.42. The summed E-state index contributed by atoms with van der Waals surface area (Å²) in [5.74, 6) is -0.424. The van der Waals surface area contributed by atoms with Crippen molar-refractivity contribution >= 4 is 12.0 Å². The maximum absolute atomic E-state index is 10.6. The number of esters is 1. The molecule has 0 amide bonds. The van der Waals surface area contributed by atoms with Crippen LogP contribution in [0.5, 0.6) is 0 Å². The molecular formula is C10H9NO2. The first kappa shape index (κ1) is 9.23. The zero-order valence-corrected chi connectivity index (χ0v) is 7.23. The highest BCUT2D eigenvalue weighted by Gasteiger charge is 1.87. The van der Waals surface area contributed by atoms with E-state index in [1.807, 2.05) is 18.2 Å². The fourth-order valence-electron chi connectivity index (χ4n) is 0.715. The molecule has 1 rings (SSSR count). The smallest absolute Gasteiger partial charge is 0.338 e. The molecule has 0 saturated heterocycles. The Labute approximate surface area is 76.4 Å². The fraction of sp³-hybridized carbons (Fsp3) is 0.100. The van der Waals surface area contributed by atoms with Crippen molar-refractivity contribution in [3.05, 3.63) is 41.9 Å². The van der Waals surface area contributed by atoms with Gasteiger partial charge < -0.3 is 4.74 Å². The summed E-state index contributed by atoms with van der Waals surface area (Å²) in [7, 11) is 1.32. The normalized spacial score (nSPS) is 8.38. The summed E-state index contributed by atoms with van der Waals surface area (Å²) < 4.78 is 4.39.